The minimum Gasteiger partial charge on any atom is -0.353 e. The van der Waals surface area contributed by atoms with Gasteiger partial charge in [0, 0.05) is 19.0 Å². The van der Waals surface area contributed by atoms with E-state index in [1.54, 1.807) is 0 Å². The summed E-state index contributed by atoms with van der Waals surface area (Å²) in [5.41, 5.74) is 5.30. The van der Waals surface area contributed by atoms with E-state index in [9.17, 15) is 4.79 Å². The number of hydrogen-bond donors (Lipinski definition) is 2. The summed E-state index contributed by atoms with van der Waals surface area (Å²) < 4.78 is 0. The first-order valence-corrected chi connectivity index (χ1v) is 5.21. The Labute approximate surface area is 80.1 Å². The molecule has 0 aliphatic heterocycles. The zero-order valence-corrected chi connectivity index (χ0v) is 8.38. The van der Waals surface area contributed by atoms with E-state index in [2.05, 4.69) is 12.2 Å². The summed E-state index contributed by atoms with van der Waals surface area (Å²) >= 11 is 0. The number of rotatable bonds is 3. The molecule has 1 rings (SSSR count). The summed E-state index contributed by atoms with van der Waals surface area (Å²) in [6, 6.07) is 0.412. The largest absolute Gasteiger partial charge is 0.353 e. The van der Waals surface area contributed by atoms with Crippen molar-refractivity contribution < 1.29 is 4.79 Å². The molecule has 1 amide bonds. The zero-order chi connectivity index (χ0) is 9.68. The van der Waals surface area contributed by atoms with Gasteiger partial charge in [-0.2, -0.15) is 0 Å². The molecule has 3 N–H and O–H groups in total. The monoisotopic (exact) mass is 184 g/mol. The van der Waals surface area contributed by atoms with E-state index in [1.807, 2.05) is 0 Å². The van der Waals surface area contributed by atoms with E-state index in [-0.39, 0.29) is 5.91 Å². The molecule has 0 aromatic rings. The molecular weight excluding hydrogens is 164 g/mol. The predicted octanol–water partition coefficient (Wildman–Crippen LogP) is 1.03. The van der Waals surface area contributed by atoms with Crippen LogP contribution in [0.2, 0.25) is 0 Å². The van der Waals surface area contributed by atoms with Crippen molar-refractivity contribution >= 4 is 5.91 Å². The van der Waals surface area contributed by atoms with Gasteiger partial charge in [-0.05, 0) is 31.6 Å². The van der Waals surface area contributed by atoms with Crippen LogP contribution in [0.25, 0.3) is 0 Å². The molecule has 1 saturated carbocycles. The van der Waals surface area contributed by atoms with Gasteiger partial charge in [0.1, 0.15) is 0 Å². The fraction of sp³-hybridized carbons (Fsp3) is 0.900. The van der Waals surface area contributed by atoms with Crippen molar-refractivity contribution in [3.8, 4) is 0 Å². The van der Waals surface area contributed by atoms with Gasteiger partial charge in [-0.15, -0.1) is 0 Å². The maximum absolute atomic E-state index is 11.2. The molecule has 13 heavy (non-hydrogen) atoms. The highest BCUT2D eigenvalue weighted by molar-refractivity contribution is 5.76. The average molecular weight is 184 g/mol. The number of carbonyl (C=O) groups is 1. The summed E-state index contributed by atoms with van der Waals surface area (Å²) in [5.74, 6) is 0.949. The second-order valence-corrected chi connectivity index (χ2v) is 4.06. The number of nitrogens with one attached hydrogen (secondary N) is 1. The Morgan fingerprint density at radius 2 is 2.00 bits per heavy atom. The van der Waals surface area contributed by atoms with Crippen LogP contribution in [0, 0.1) is 5.92 Å². The molecule has 0 spiro atoms. The smallest absolute Gasteiger partial charge is 0.221 e. The Morgan fingerprint density at radius 1 is 1.38 bits per heavy atom. The third-order valence-corrected chi connectivity index (χ3v) is 2.75. The number of amides is 1. The topological polar surface area (TPSA) is 55.1 Å². The second-order valence-electron chi connectivity index (χ2n) is 4.06. The number of carbonyl (C=O) groups excluding carboxylic acids is 1. The first-order valence-electron chi connectivity index (χ1n) is 5.21. The highest BCUT2D eigenvalue weighted by Gasteiger charge is 2.18. The summed E-state index contributed by atoms with van der Waals surface area (Å²) in [6.07, 6.45) is 5.22. The SMILES string of the molecule is C[C@H]1CC[C@H](NC(=O)CCN)CC1. The van der Waals surface area contributed by atoms with Gasteiger partial charge in [0.05, 0.1) is 0 Å². The van der Waals surface area contributed by atoms with Crippen LogP contribution in [0.15, 0.2) is 0 Å². The number of hydrogen-bond acceptors (Lipinski definition) is 2. The summed E-state index contributed by atoms with van der Waals surface area (Å²) in [5, 5.41) is 3.02. The summed E-state index contributed by atoms with van der Waals surface area (Å²) in [6.45, 7) is 2.73. The van der Waals surface area contributed by atoms with Gasteiger partial charge in [0.25, 0.3) is 0 Å². The van der Waals surface area contributed by atoms with E-state index in [0.717, 1.165) is 18.8 Å². The highest BCUT2D eigenvalue weighted by Crippen LogP contribution is 2.23. The Morgan fingerprint density at radius 3 is 2.54 bits per heavy atom. The first kappa shape index (κ1) is 10.5. The summed E-state index contributed by atoms with van der Waals surface area (Å²) in [4.78, 5) is 11.2. The van der Waals surface area contributed by atoms with Crippen LogP contribution in [0.1, 0.15) is 39.0 Å². The summed E-state index contributed by atoms with van der Waals surface area (Å²) in [7, 11) is 0. The standard InChI is InChI=1S/C10H20N2O/c1-8-2-4-9(5-3-8)12-10(13)6-7-11/h8-9H,2-7,11H2,1H3,(H,12,13)/t8-,9-. The third kappa shape index (κ3) is 3.77. The lowest BCUT2D eigenvalue weighted by Crippen LogP contribution is -2.38. The van der Waals surface area contributed by atoms with Crippen molar-refractivity contribution in [3.05, 3.63) is 0 Å². The molecule has 0 aromatic carbocycles. The quantitative estimate of drug-likeness (QED) is 0.688. The van der Waals surface area contributed by atoms with Crippen LogP contribution in [0.5, 0.6) is 0 Å². The normalized spacial score (nSPS) is 28.5. The van der Waals surface area contributed by atoms with E-state index >= 15 is 0 Å². The van der Waals surface area contributed by atoms with Crippen LogP contribution in [-0.2, 0) is 4.79 Å². The van der Waals surface area contributed by atoms with Crippen molar-refractivity contribution in [2.24, 2.45) is 11.7 Å². The third-order valence-electron chi connectivity index (χ3n) is 2.75. The predicted molar refractivity (Wildman–Crippen MR) is 53.2 cm³/mol. The molecule has 0 aromatic heterocycles. The van der Waals surface area contributed by atoms with Gasteiger partial charge < -0.3 is 11.1 Å². The Hall–Kier alpha value is -0.570. The van der Waals surface area contributed by atoms with E-state index in [0.29, 0.717) is 19.0 Å². The van der Waals surface area contributed by atoms with Crippen LogP contribution in [-0.4, -0.2) is 18.5 Å². The molecule has 0 radical (unpaired) electrons. The van der Waals surface area contributed by atoms with Gasteiger partial charge >= 0.3 is 0 Å². The lowest BCUT2D eigenvalue weighted by atomic mass is 9.87. The minimum atomic E-state index is 0.113. The average Bonchev–Trinajstić information content (AvgIpc) is 2.09. The fourth-order valence-corrected chi connectivity index (χ4v) is 1.84. The fourth-order valence-electron chi connectivity index (χ4n) is 1.84. The molecule has 1 fully saturated rings. The Kier molecular flexibility index (Phi) is 4.22. The van der Waals surface area contributed by atoms with Gasteiger partial charge in [-0.3, -0.25) is 4.79 Å². The molecule has 3 heteroatoms. The van der Waals surface area contributed by atoms with Gasteiger partial charge in [-0.25, -0.2) is 0 Å². The van der Waals surface area contributed by atoms with Crippen LogP contribution in [0.3, 0.4) is 0 Å². The van der Waals surface area contributed by atoms with Crippen LogP contribution < -0.4 is 11.1 Å². The van der Waals surface area contributed by atoms with E-state index < -0.39 is 0 Å². The molecule has 0 bridgehead atoms. The van der Waals surface area contributed by atoms with Crippen molar-refractivity contribution in [3.63, 3.8) is 0 Å². The minimum absolute atomic E-state index is 0.113. The van der Waals surface area contributed by atoms with Crippen molar-refractivity contribution in [2.45, 2.75) is 45.1 Å². The molecule has 0 atom stereocenters. The first-order chi connectivity index (χ1) is 6.22. The van der Waals surface area contributed by atoms with E-state index in [4.69, 9.17) is 5.73 Å². The van der Waals surface area contributed by atoms with Crippen molar-refractivity contribution in [2.75, 3.05) is 6.54 Å². The molecule has 0 saturated heterocycles. The maximum atomic E-state index is 11.2. The van der Waals surface area contributed by atoms with Crippen LogP contribution >= 0.6 is 0 Å². The number of nitrogens with two attached hydrogens (primary N) is 1. The van der Waals surface area contributed by atoms with Crippen molar-refractivity contribution in [1.82, 2.24) is 5.32 Å². The molecule has 1 aliphatic rings. The van der Waals surface area contributed by atoms with Crippen LogP contribution in [0.4, 0.5) is 0 Å². The highest BCUT2D eigenvalue weighted by atomic mass is 16.1. The van der Waals surface area contributed by atoms with Gasteiger partial charge in [-0.1, -0.05) is 6.92 Å². The molecule has 3 nitrogen and oxygen atoms in total. The molecular formula is C10H20N2O. The van der Waals surface area contributed by atoms with Crippen molar-refractivity contribution in [1.29, 1.82) is 0 Å². The molecule has 0 unspecified atom stereocenters. The lowest BCUT2D eigenvalue weighted by molar-refractivity contribution is -0.121. The lowest BCUT2D eigenvalue weighted by Gasteiger charge is -2.26. The molecule has 76 valence electrons. The maximum Gasteiger partial charge on any atom is 0.221 e. The molecule has 0 heterocycles. The Bertz CT molecular complexity index is 162. The van der Waals surface area contributed by atoms with E-state index in [1.165, 1.54) is 12.8 Å². The van der Waals surface area contributed by atoms with Gasteiger partial charge in [0.2, 0.25) is 5.91 Å². The second kappa shape index (κ2) is 5.22. The molecule has 1 aliphatic carbocycles. The Balaban J connectivity index is 2.18. The van der Waals surface area contributed by atoms with Gasteiger partial charge in [0.15, 0.2) is 0 Å². The zero-order valence-electron chi connectivity index (χ0n) is 8.38.